The fourth-order valence-corrected chi connectivity index (χ4v) is 3.65. The van der Waals surface area contributed by atoms with Crippen molar-refractivity contribution in [3.8, 4) is 0 Å². The maximum absolute atomic E-state index is 13.0. The Bertz CT molecular complexity index is 849. The predicted octanol–water partition coefficient (Wildman–Crippen LogP) is 4.49. The number of carbonyl (C=O) groups is 1. The Kier molecular flexibility index (Phi) is 6.48. The molecular weight excluding hydrogens is 352 g/mol. The quantitative estimate of drug-likeness (QED) is 0.235. The molecule has 3 rings (SSSR count). The molecule has 1 aliphatic rings. The van der Waals surface area contributed by atoms with Gasteiger partial charge in [0.1, 0.15) is 6.61 Å². The van der Waals surface area contributed by atoms with Crippen LogP contribution in [0.15, 0.2) is 78.4 Å². The van der Waals surface area contributed by atoms with Crippen LogP contribution in [0.5, 0.6) is 0 Å². The number of ether oxygens (including phenoxy) is 1. The van der Waals surface area contributed by atoms with E-state index < -0.39 is 11.5 Å². The summed E-state index contributed by atoms with van der Waals surface area (Å²) < 4.78 is 5.55. The first-order valence-electron chi connectivity index (χ1n) is 9.31. The number of esters is 1. The SMILES string of the molecule is C=C[C@H]1CN(Cc2ccccc2)C[C@@](N=[N+]=[N-])(C(=O)OCc2ccccc2)C1. The molecule has 0 aromatic heterocycles. The van der Waals surface area contributed by atoms with Crippen molar-refractivity contribution in [1.82, 2.24) is 4.90 Å². The molecule has 6 nitrogen and oxygen atoms in total. The van der Waals surface area contributed by atoms with Gasteiger partial charge in [-0.1, -0.05) is 71.9 Å². The van der Waals surface area contributed by atoms with Gasteiger partial charge in [-0.15, -0.1) is 6.58 Å². The Balaban J connectivity index is 1.78. The van der Waals surface area contributed by atoms with Crippen molar-refractivity contribution in [2.75, 3.05) is 13.1 Å². The number of likely N-dealkylation sites (tertiary alicyclic amines) is 1. The first kappa shape index (κ1) is 19.7. The third kappa shape index (κ3) is 4.80. The molecule has 0 unspecified atom stereocenters. The van der Waals surface area contributed by atoms with Crippen molar-refractivity contribution in [2.45, 2.75) is 25.1 Å². The molecule has 0 radical (unpaired) electrons. The normalized spacial score (nSPS) is 22.1. The third-order valence-corrected chi connectivity index (χ3v) is 4.99. The summed E-state index contributed by atoms with van der Waals surface area (Å²) in [6, 6.07) is 19.5. The van der Waals surface area contributed by atoms with Crippen LogP contribution in [0.1, 0.15) is 17.5 Å². The lowest BCUT2D eigenvalue weighted by Gasteiger charge is -2.41. The van der Waals surface area contributed by atoms with Gasteiger partial charge in [-0.2, -0.15) is 0 Å². The largest absolute Gasteiger partial charge is 0.460 e. The molecule has 0 bridgehead atoms. The Morgan fingerprint density at radius 2 is 1.86 bits per heavy atom. The molecule has 0 amide bonds. The van der Waals surface area contributed by atoms with Crippen LogP contribution in [0.3, 0.4) is 0 Å². The van der Waals surface area contributed by atoms with E-state index in [1.54, 1.807) is 0 Å². The molecule has 2 aromatic rings. The lowest BCUT2D eigenvalue weighted by atomic mass is 9.83. The van der Waals surface area contributed by atoms with Gasteiger partial charge in [0.05, 0.1) is 0 Å². The zero-order valence-electron chi connectivity index (χ0n) is 15.8. The van der Waals surface area contributed by atoms with Gasteiger partial charge in [-0.05, 0) is 29.0 Å². The fourth-order valence-electron chi connectivity index (χ4n) is 3.65. The smallest absolute Gasteiger partial charge is 0.319 e. The standard InChI is InChI=1S/C22H24N4O2/c1-2-18-13-22(24-25-23,21(27)28-16-20-11-7-4-8-12-20)17-26(14-18)15-19-9-5-3-6-10-19/h2-12,18H,1,13-17H2/t18-,22-/m1/s1. The minimum atomic E-state index is -1.25. The first-order chi connectivity index (χ1) is 13.6. The summed E-state index contributed by atoms with van der Waals surface area (Å²) in [6.07, 6.45) is 2.22. The van der Waals surface area contributed by atoms with Crippen molar-refractivity contribution in [3.63, 3.8) is 0 Å². The Labute approximate surface area is 165 Å². The fraction of sp³-hybridized carbons (Fsp3) is 0.318. The van der Waals surface area contributed by atoms with E-state index in [-0.39, 0.29) is 12.5 Å². The molecule has 1 heterocycles. The lowest BCUT2D eigenvalue weighted by Crippen LogP contribution is -2.54. The van der Waals surface area contributed by atoms with Gasteiger partial charge in [0.2, 0.25) is 0 Å². The highest BCUT2D eigenvalue weighted by atomic mass is 16.5. The van der Waals surface area contributed by atoms with E-state index in [1.807, 2.05) is 66.7 Å². The van der Waals surface area contributed by atoms with E-state index >= 15 is 0 Å². The van der Waals surface area contributed by atoms with Crippen LogP contribution in [-0.4, -0.2) is 29.5 Å². The molecule has 6 heteroatoms. The van der Waals surface area contributed by atoms with Gasteiger partial charge in [0, 0.05) is 24.5 Å². The van der Waals surface area contributed by atoms with Crippen LogP contribution in [0.2, 0.25) is 0 Å². The summed E-state index contributed by atoms with van der Waals surface area (Å²) in [5, 5.41) is 3.93. The highest BCUT2D eigenvalue weighted by molar-refractivity contribution is 5.81. The van der Waals surface area contributed by atoms with Crippen LogP contribution in [-0.2, 0) is 22.7 Å². The zero-order chi connectivity index (χ0) is 19.8. The molecule has 0 N–H and O–H groups in total. The van der Waals surface area contributed by atoms with Crippen molar-refractivity contribution in [2.24, 2.45) is 11.0 Å². The van der Waals surface area contributed by atoms with Crippen molar-refractivity contribution in [3.05, 3.63) is 94.9 Å². The number of azide groups is 1. The van der Waals surface area contributed by atoms with Crippen LogP contribution in [0.25, 0.3) is 10.4 Å². The summed E-state index contributed by atoms with van der Waals surface area (Å²) in [5.74, 6) is -0.453. The molecular formula is C22H24N4O2. The summed E-state index contributed by atoms with van der Waals surface area (Å²) in [6.45, 7) is 5.79. The second kappa shape index (κ2) is 9.22. The van der Waals surface area contributed by atoms with Gasteiger partial charge >= 0.3 is 5.97 Å². The number of hydrogen-bond acceptors (Lipinski definition) is 4. The van der Waals surface area contributed by atoms with E-state index in [2.05, 4.69) is 21.5 Å². The summed E-state index contributed by atoms with van der Waals surface area (Å²) in [4.78, 5) is 18.1. The number of rotatable bonds is 7. The van der Waals surface area contributed by atoms with E-state index in [1.165, 1.54) is 0 Å². The molecule has 0 spiro atoms. The van der Waals surface area contributed by atoms with E-state index in [0.717, 1.165) is 17.7 Å². The average Bonchev–Trinajstić information content (AvgIpc) is 2.73. The number of hydrogen-bond donors (Lipinski definition) is 0. The van der Waals surface area contributed by atoms with Gasteiger partial charge in [0.25, 0.3) is 0 Å². The highest BCUT2D eigenvalue weighted by Crippen LogP contribution is 2.32. The molecule has 2 atom stereocenters. The van der Waals surface area contributed by atoms with Gasteiger partial charge in [-0.25, -0.2) is 0 Å². The average molecular weight is 376 g/mol. The Hall–Kier alpha value is -3.08. The van der Waals surface area contributed by atoms with E-state index in [9.17, 15) is 4.79 Å². The Morgan fingerprint density at radius 1 is 1.21 bits per heavy atom. The van der Waals surface area contributed by atoms with E-state index in [0.29, 0.717) is 19.5 Å². The first-order valence-corrected chi connectivity index (χ1v) is 9.31. The summed E-state index contributed by atoms with van der Waals surface area (Å²) in [7, 11) is 0. The monoisotopic (exact) mass is 376 g/mol. The molecule has 28 heavy (non-hydrogen) atoms. The maximum atomic E-state index is 13.0. The molecule has 1 fully saturated rings. The predicted molar refractivity (Wildman–Crippen MR) is 108 cm³/mol. The lowest BCUT2D eigenvalue weighted by molar-refractivity contribution is -0.154. The van der Waals surface area contributed by atoms with Crippen LogP contribution in [0, 0.1) is 5.92 Å². The minimum Gasteiger partial charge on any atom is -0.460 e. The van der Waals surface area contributed by atoms with E-state index in [4.69, 9.17) is 10.3 Å². The van der Waals surface area contributed by atoms with Crippen LogP contribution < -0.4 is 0 Å². The molecule has 0 aliphatic carbocycles. The number of piperidine rings is 1. The highest BCUT2D eigenvalue weighted by Gasteiger charge is 2.46. The Morgan fingerprint density at radius 3 is 2.46 bits per heavy atom. The topological polar surface area (TPSA) is 78.3 Å². The number of carbonyl (C=O) groups excluding carboxylic acids is 1. The minimum absolute atomic E-state index is 0.0345. The second-order valence-electron chi connectivity index (χ2n) is 7.14. The maximum Gasteiger partial charge on any atom is 0.319 e. The molecule has 1 aliphatic heterocycles. The van der Waals surface area contributed by atoms with Gasteiger partial charge < -0.3 is 4.74 Å². The van der Waals surface area contributed by atoms with Crippen LogP contribution >= 0.6 is 0 Å². The zero-order valence-corrected chi connectivity index (χ0v) is 15.8. The number of benzene rings is 2. The molecule has 0 saturated carbocycles. The van der Waals surface area contributed by atoms with Crippen molar-refractivity contribution in [1.29, 1.82) is 0 Å². The number of nitrogens with zero attached hydrogens (tertiary/aromatic N) is 4. The van der Waals surface area contributed by atoms with Gasteiger partial charge in [0.15, 0.2) is 5.54 Å². The summed E-state index contributed by atoms with van der Waals surface area (Å²) in [5.41, 5.74) is 9.94. The van der Waals surface area contributed by atoms with Gasteiger partial charge in [-0.3, -0.25) is 9.69 Å². The molecule has 2 aromatic carbocycles. The second-order valence-corrected chi connectivity index (χ2v) is 7.14. The molecule has 1 saturated heterocycles. The van der Waals surface area contributed by atoms with Crippen LogP contribution in [0.4, 0.5) is 0 Å². The summed E-state index contributed by atoms with van der Waals surface area (Å²) >= 11 is 0. The van der Waals surface area contributed by atoms with Crippen molar-refractivity contribution >= 4 is 5.97 Å². The van der Waals surface area contributed by atoms with Crippen molar-refractivity contribution < 1.29 is 9.53 Å². The third-order valence-electron chi connectivity index (χ3n) is 4.99. The molecule has 144 valence electrons.